The maximum absolute atomic E-state index is 4.35. The standard InChI is InChI=1S/C15H18N2/c1-3-4-10-16-11-9-13-12-17(2)15-8-6-5-7-14(13)15/h3-8,10,12H,9,11H2,1-2H3/b4-3-,16-10?. The molecule has 0 amide bonds. The molecule has 0 saturated carbocycles. The molecule has 0 aliphatic carbocycles. The molecule has 2 rings (SSSR count). The second kappa shape index (κ2) is 5.48. The highest BCUT2D eigenvalue weighted by Gasteiger charge is 2.04. The third-order valence-corrected chi connectivity index (χ3v) is 2.87. The Morgan fingerprint density at radius 3 is 2.94 bits per heavy atom. The average Bonchev–Trinajstić information content (AvgIpc) is 2.67. The van der Waals surface area contributed by atoms with Crippen LogP contribution in [0.4, 0.5) is 0 Å². The number of aliphatic imine (C=N–C) groups is 1. The van der Waals surface area contributed by atoms with Crippen molar-refractivity contribution in [2.75, 3.05) is 6.54 Å². The van der Waals surface area contributed by atoms with Crippen LogP contribution in [0.25, 0.3) is 10.9 Å². The summed E-state index contributed by atoms with van der Waals surface area (Å²) in [5.41, 5.74) is 2.67. The Hall–Kier alpha value is -1.83. The monoisotopic (exact) mass is 226 g/mol. The number of aryl methyl sites for hydroxylation is 1. The average molecular weight is 226 g/mol. The molecule has 1 aromatic heterocycles. The van der Waals surface area contributed by atoms with Gasteiger partial charge in [0.25, 0.3) is 0 Å². The Kier molecular flexibility index (Phi) is 3.76. The molecule has 0 aliphatic heterocycles. The van der Waals surface area contributed by atoms with Crippen molar-refractivity contribution < 1.29 is 0 Å². The Bertz CT molecular complexity index is 547. The van der Waals surface area contributed by atoms with E-state index in [0.717, 1.165) is 13.0 Å². The Balaban J connectivity index is 2.14. The molecule has 2 heteroatoms. The zero-order valence-electron chi connectivity index (χ0n) is 10.4. The van der Waals surface area contributed by atoms with Crippen LogP contribution >= 0.6 is 0 Å². The summed E-state index contributed by atoms with van der Waals surface area (Å²) in [7, 11) is 2.09. The molecule has 0 atom stereocenters. The fraction of sp³-hybridized carbons (Fsp3) is 0.267. The van der Waals surface area contributed by atoms with E-state index in [1.807, 2.05) is 25.3 Å². The number of nitrogens with zero attached hydrogens (tertiary/aromatic N) is 2. The van der Waals surface area contributed by atoms with Crippen molar-refractivity contribution >= 4 is 17.1 Å². The smallest absolute Gasteiger partial charge is 0.0480 e. The number of allylic oxidation sites excluding steroid dienone is 2. The summed E-state index contributed by atoms with van der Waals surface area (Å²) in [6, 6.07) is 8.51. The van der Waals surface area contributed by atoms with Crippen LogP contribution in [0.1, 0.15) is 12.5 Å². The van der Waals surface area contributed by atoms with Gasteiger partial charge in [-0.1, -0.05) is 24.3 Å². The van der Waals surface area contributed by atoms with Crippen molar-refractivity contribution in [2.45, 2.75) is 13.3 Å². The lowest BCUT2D eigenvalue weighted by Gasteiger charge is -1.95. The van der Waals surface area contributed by atoms with Gasteiger partial charge in [0.2, 0.25) is 0 Å². The molecular formula is C15H18N2. The quantitative estimate of drug-likeness (QED) is 0.711. The molecular weight excluding hydrogens is 208 g/mol. The minimum Gasteiger partial charge on any atom is -0.350 e. The van der Waals surface area contributed by atoms with Crippen LogP contribution in [0, 0.1) is 0 Å². The molecule has 0 unspecified atom stereocenters. The maximum atomic E-state index is 4.35. The van der Waals surface area contributed by atoms with Gasteiger partial charge in [-0.05, 0) is 31.1 Å². The molecule has 2 nitrogen and oxygen atoms in total. The van der Waals surface area contributed by atoms with E-state index in [1.54, 1.807) is 0 Å². The highest BCUT2D eigenvalue weighted by Crippen LogP contribution is 2.20. The summed E-state index contributed by atoms with van der Waals surface area (Å²) in [4.78, 5) is 4.35. The van der Waals surface area contributed by atoms with Crippen molar-refractivity contribution in [1.29, 1.82) is 0 Å². The van der Waals surface area contributed by atoms with Crippen LogP contribution in [0.5, 0.6) is 0 Å². The van der Waals surface area contributed by atoms with E-state index in [9.17, 15) is 0 Å². The van der Waals surface area contributed by atoms with E-state index in [1.165, 1.54) is 16.5 Å². The van der Waals surface area contributed by atoms with Gasteiger partial charge >= 0.3 is 0 Å². The fourth-order valence-corrected chi connectivity index (χ4v) is 2.03. The molecule has 2 aromatic rings. The molecule has 0 saturated heterocycles. The normalized spacial score (nSPS) is 12.1. The number of para-hydroxylation sites is 1. The summed E-state index contributed by atoms with van der Waals surface area (Å²) in [5.74, 6) is 0. The highest BCUT2D eigenvalue weighted by atomic mass is 14.9. The summed E-state index contributed by atoms with van der Waals surface area (Å²) in [6.45, 7) is 2.84. The van der Waals surface area contributed by atoms with Crippen LogP contribution in [0.2, 0.25) is 0 Å². The van der Waals surface area contributed by atoms with Crippen LogP contribution in [0.3, 0.4) is 0 Å². The van der Waals surface area contributed by atoms with Crippen LogP contribution < -0.4 is 0 Å². The second-order valence-electron chi connectivity index (χ2n) is 4.11. The molecule has 17 heavy (non-hydrogen) atoms. The van der Waals surface area contributed by atoms with Gasteiger partial charge in [0.1, 0.15) is 0 Å². The predicted octanol–water partition coefficient (Wildman–Crippen LogP) is 3.37. The summed E-state index contributed by atoms with van der Waals surface area (Å²) in [5, 5.41) is 1.34. The molecule has 1 heterocycles. The van der Waals surface area contributed by atoms with E-state index < -0.39 is 0 Å². The van der Waals surface area contributed by atoms with Gasteiger partial charge in [-0.3, -0.25) is 4.99 Å². The predicted molar refractivity (Wildman–Crippen MR) is 74.8 cm³/mol. The van der Waals surface area contributed by atoms with Crippen molar-refractivity contribution in [3.05, 3.63) is 48.2 Å². The van der Waals surface area contributed by atoms with E-state index in [0.29, 0.717) is 0 Å². The first-order valence-electron chi connectivity index (χ1n) is 5.97. The molecule has 0 spiro atoms. The number of hydrogen-bond donors (Lipinski definition) is 0. The van der Waals surface area contributed by atoms with E-state index >= 15 is 0 Å². The minimum absolute atomic E-state index is 0.846. The van der Waals surface area contributed by atoms with Crippen molar-refractivity contribution in [1.82, 2.24) is 4.57 Å². The zero-order chi connectivity index (χ0) is 12.1. The first kappa shape index (κ1) is 11.6. The van der Waals surface area contributed by atoms with E-state index in [4.69, 9.17) is 0 Å². The van der Waals surface area contributed by atoms with E-state index in [-0.39, 0.29) is 0 Å². The first-order chi connectivity index (χ1) is 8.33. The number of benzene rings is 1. The third-order valence-electron chi connectivity index (χ3n) is 2.87. The summed E-state index contributed by atoms with van der Waals surface area (Å²) >= 11 is 0. The number of fused-ring (bicyclic) bond motifs is 1. The SMILES string of the molecule is C/C=C\C=NCCc1cn(C)c2ccccc12. The van der Waals surface area contributed by atoms with Crippen LogP contribution in [0.15, 0.2) is 47.6 Å². The van der Waals surface area contributed by atoms with Crippen molar-refractivity contribution in [3.8, 4) is 0 Å². The lowest BCUT2D eigenvalue weighted by molar-refractivity contribution is 0.931. The van der Waals surface area contributed by atoms with Crippen LogP contribution in [-0.2, 0) is 13.5 Å². The van der Waals surface area contributed by atoms with Gasteiger partial charge < -0.3 is 4.57 Å². The second-order valence-corrected chi connectivity index (χ2v) is 4.11. The van der Waals surface area contributed by atoms with Crippen molar-refractivity contribution in [2.24, 2.45) is 12.0 Å². The number of rotatable bonds is 4. The van der Waals surface area contributed by atoms with Gasteiger partial charge in [0.05, 0.1) is 0 Å². The first-order valence-corrected chi connectivity index (χ1v) is 5.97. The molecule has 0 aliphatic rings. The molecule has 0 bridgehead atoms. The van der Waals surface area contributed by atoms with Crippen LogP contribution in [-0.4, -0.2) is 17.3 Å². The lowest BCUT2D eigenvalue weighted by Crippen LogP contribution is -1.88. The maximum Gasteiger partial charge on any atom is 0.0480 e. The van der Waals surface area contributed by atoms with Gasteiger partial charge in [-0.25, -0.2) is 0 Å². The van der Waals surface area contributed by atoms with Gasteiger partial charge in [0.15, 0.2) is 0 Å². The highest BCUT2D eigenvalue weighted by molar-refractivity contribution is 5.83. The van der Waals surface area contributed by atoms with E-state index in [2.05, 4.69) is 47.1 Å². The van der Waals surface area contributed by atoms with Gasteiger partial charge in [0, 0.05) is 36.9 Å². The molecule has 88 valence electrons. The zero-order valence-corrected chi connectivity index (χ0v) is 10.4. The fourth-order valence-electron chi connectivity index (χ4n) is 2.03. The Morgan fingerprint density at radius 2 is 2.12 bits per heavy atom. The lowest BCUT2D eigenvalue weighted by atomic mass is 10.1. The number of hydrogen-bond acceptors (Lipinski definition) is 1. The van der Waals surface area contributed by atoms with Crippen molar-refractivity contribution in [3.63, 3.8) is 0 Å². The van der Waals surface area contributed by atoms with Gasteiger partial charge in [-0.15, -0.1) is 0 Å². The van der Waals surface area contributed by atoms with Gasteiger partial charge in [-0.2, -0.15) is 0 Å². The Labute approximate surface area is 102 Å². The molecule has 0 radical (unpaired) electrons. The molecule has 0 N–H and O–H groups in total. The largest absolute Gasteiger partial charge is 0.350 e. The minimum atomic E-state index is 0.846. The molecule has 0 fully saturated rings. The Morgan fingerprint density at radius 1 is 1.29 bits per heavy atom. The summed E-state index contributed by atoms with van der Waals surface area (Å²) < 4.78 is 2.18. The number of aromatic nitrogens is 1. The topological polar surface area (TPSA) is 17.3 Å². The third kappa shape index (κ3) is 2.64. The summed E-state index contributed by atoms with van der Waals surface area (Å²) in [6.07, 6.45) is 9.01. The molecule has 1 aromatic carbocycles.